The lowest BCUT2D eigenvalue weighted by atomic mass is 10.1. The number of halogens is 1. The van der Waals surface area contributed by atoms with Gasteiger partial charge in [-0.15, -0.1) is 0 Å². The molecule has 0 saturated carbocycles. The molecule has 4 heterocycles. The SMILES string of the molecule is COc1ncccc1-c1nc(C(=O)Nc2cnccc2N2CCCC(N)C2)c(N)cc1F. The molecule has 1 unspecified atom stereocenters. The summed E-state index contributed by atoms with van der Waals surface area (Å²) in [5.41, 5.74) is 13.4. The summed E-state index contributed by atoms with van der Waals surface area (Å²) < 4.78 is 19.9. The van der Waals surface area contributed by atoms with Gasteiger partial charge < -0.3 is 26.4 Å². The predicted octanol–water partition coefficient (Wildman–Crippen LogP) is 2.45. The molecule has 32 heavy (non-hydrogen) atoms. The molecule has 1 aliphatic heterocycles. The molecule has 1 atom stereocenters. The van der Waals surface area contributed by atoms with E-state index in [1.165, 1.54) is 13.3 Å². The average molecular weight is 437 g/mol. The van der Waals surface area contributed by atoms with Gasteiger partial charge in [0, 0.05) is 37.6 Å². The molecule has 3 aromatic heterocycles. The Morgan fingerprint density at radius 1 is 1.34 bits per heavy atom. The summed E-state index contributed by atoms with van der Waals surface area (Å²) in [5.74, 6) is -1.08. The molecule has 9 nitrogen and oxygen atoms in total. The first kappa shape index (κ1) is 21.4. The quantitative estimate of drug-likeness (QED) is 0.554. The molecule has 0 aromatic carbocycles. The van der Waals surface area contributed by atoms with E-state index in [9.17, 15) is 9.18 Å². The number of rotatable bonds is 5. The van der Waals surface area contributed by atoms with Crippen molar-refractivity contribution in [1.82, 2.24) is 15.0 Å². The Bertz CT molecular complexity index is 1140. The van der Waals surface area contributed by atoms with Crippen LogP contribution in [0.3, 0.4) is 0 Å². The maximum atomic E-state index is 14.7. The smallest absolute Gasteiger partial charge is 0.276 e. The minimum atomic E-state index is -0.685. The Hall–Kier alpha value is -3.79. The second kappa shape index (κ2) is 9.15. The topological polar surface area (TPSA) is 132 Å². The monoisotopic (exact) mass is 437 g/mol. The van der Waals surface area contributed by atoms with Gasteiger partial charge in [0.2, 0.25) is 5.88 Å². The van der Waals surface area contributed by atoms with Gasteiger partial charge in [-0.2, -0.15) is 0 Å². The first-order valence-electron chi connectivity index (χ1n) is 10.2. The first-order valence-corrected chi connectivity index (χ1v) is 10.2. The van der Waals surface area contributed by atoms with Crippen molar-refractivity contribution in [2.45, 2.75) is 18.9 Å². The van der Waals surface area contributed by atoms with Gasteiger partial charge in [-0.3, -0.25) is 9.78 Å². The van der Waals surface area contributed by atoms with Crippen LogP contribution in [-0.2, 0) is 0 Å². The third-order valence-corrected chi connectivity index (χ3v) is 5.28. The van der Waals surface area contributed by atoms with Crippen LogP contribution in [0.4, 0.5) is 21.5 Å². The van der Waals surface area contributed by atoms with Crippen molar-refractivity contribution < 1.29 is 13.9 Å². The molecule has 1 fully saturated rings. The fourth-order valence-corrected chi connectivity index (χ4v) is 3.78. The molecule has 0 aliphatic carbocycles. The van der Waals surface area contributed by atoms with Crippen LogP contribution in [0.25, 0.3) is 11.3 Å². The highest BCUT2D eigenvalue weighted by Gasteiger charge is 2.23. The van der Waals surface area contributed by atoms with Crippen LogP contribution in [0.5, 0.6) is 5.88 Å². The van der Waals surface area contributed by atoms with E-state index in [-0.39, 0.29) is 29.0 Å². The standard InChI is InChI=1S/C22H24FN7O2/c1-32-22-14(5-2-7-27-22)19-15(23)10-16(25)20(29-19)21(31)28-17-11-26-8-6-18(17)30-9-3-4-13(24)12-30/h2,5-8,10-11,13H,3-4,9,12,24-25H2,1H3,(H,28,31). The number of hydrogen-bond acceptors (Lipinski definition) is 8. The van der Waals surface area contributed by atoms with E-state index in [0.29, 0.717) is 17.8 Å². The van der Waals surface area contributed by atoms with Gasteiger partial charge in [-0.1, -0.05) is 0 Å². The second-order valence-electron chi connectivity index (χ2n) is 7.51. The number of piperidine rings is 1. The lowest BCUT2D eigenvalue weighted by molar-refractivity contribution is 0.102. The third kappa shape index (κ3) is 4.30. The van der Waals surface area contributed by atoms with Crippen LogP contribution in [0.2, 0.25) is 0 Å². The van der Waals surface area contributed by atoms with E-state index in [0.717, 1.165) is 31.1 Å². The Morgan fingerprint density at radius 2 is 2.19 bits per heavy atom. The molecule has 5 N–H and O–H groups in total. The zero-order valence-electron chi connectivity index (χ0n) is 17.6. The highest BCUT2D eigenvalue weighted by molar-refractivity contribution is 6.08. The Morgan fingerprint density at radius 3 is 2.97 bits per heavy atom. The molecule has 4 rings (SSSR count). The summed E-state index contributed by atoms with van der Waals surface area (Å²) >= 11 is 0. The number of aromatic nitrogens is 3. The average Bonchev–Trinajstić information content (AvgIpc) is 2.79. The first-order chi connectivity index (χ1) is 15.5. The number of pyridine rings is 3. The van der Waals surface area contributed by atoms with Crippen molar-refractivity contribution in [3.63, 3.8) is 0 Å². The highest BCUT2D eigenvalue weighted by atomic mass is 19.1. The molecule has 1 saturated heterocycles. The lowest BCUT2D eigenvalue weighted by Gasteiger charge is -2.33. The van der Waals surface area contributed by atoms with Crippen molar-refractivity contribution in [3.8, 4) is 17.1 Å². The Kier molecular flexibility index (Phi) is 6.13. The molecule has 1 aliphatic rings. The molecule has 1 amide bonds. The van der Waals surface area contributed by atoms with Gasteiger partial charge >= 0.3 is 0 Å². The number of carbonyl (C=O) groups is 1. The molecule has 10 heteroatoms. The fraction of sp³-hybridized carbons (Fsp3) is 0.273. The van der Waals surface area contributed by atoms with Gasteiger partial charge in [-0.05, 0) is 31.0 Å². The molecule has 3 aromatic rings. The van der Waals surface area contributed by atoms with Gasteiger partial charge in [-0.25, -0.2) is 14.4 Å². The number of nitrogens with zero attached hydrogens (tertiary/aromatic N) is 4. The largest absolute Gasteiger partial charge is 0.481 e. The van der Waals surface area contributed by atoms with Crippen LogP contribution in [0.1, 0.15) is 23.3 Å². The minimum Gasteiger partial charge on any atom is -0.481 e. The van der Waals surface area contributed by atoms with Crippen molar-refractivity contribution >= 4 is 23.0 Å². The molecule has 166 valence electrons. The number of ether oxygens (including phenoxy) is 1. The van der Waals surface area contributed by atoms with Crippen LogP contribution in [-0.4, -0.2) is 47.1 Å². The van der Waals surface area contributed by atoms with Crippen molar-refractivity contribution in [2.75, 3.05) is 36.1 Å². The van der Waals surface area contributed by atoms with Gasteiger partial charge in [0.05, 0.1) is 35.9 Å². The molecule has 0 bridgehead atoms. The Labute approximate surface area is 184 Å². The lowest BCUT2D eigenvalue weighted by Crippen LogP contribution is -2.43. The van der Waals surface area contributed by atoms with Crippen molar-refractivity contribution in [1.29, 1.82) is 0 Å². The fourth-order valence-electron chi connectivity index (χ4n) is 3.78. The van der Waals surface area contributed by atoms with E-state index in [1.54, 1.807) is 24.5 Å². The van der Waals surface area contributed by atoms with Crippen molar-refractivity contribution in [3.05, 3.63) is 54.4 Å². The van der Waals surface area contributed by atoms with E-state index in [1.807, 2.05) is 6.07 Å². The number of hydrogen-bond donors (Lipinski definition) is 3. The number of methoxy groups -OCH3 is 1. The number of nitrogens with two attached hydrogens (primary N) is 2. The van der Waals surface area contributed by atoms with Crippen LogP contribution >= 0.6 is 0 Å². The van der Waals surface area contributed by atoms with E-state index in [4.69, 9.17) is 16.2 Å². The summed E-state index contributed by atoms with van der Waals surface area (Å²) in [7, 11) is 1.42. The number of amides is 1. The van der Waals surface area contributed by atoms with Gasteiger partial charge in [0.15, 0.2) is 11.5 Å². The molecule has 0 radical (unpaired) electrons. The molecule has 0 spiro atoms. The van der Waals surface area contributed by atoms with E-state index in [2.05, 4.69) is 25.2 Å². The maximum Gasteiger partial charge on any atom is 0.276 e. The number of anilines is 3. The summed E-state index contributed by atoms with van der Waals surface area (Å²) in [4.78, 5) is 27.6. The van der Waals surface area contributed by atoms with Crippen LogP contribution in [0, 0.1) is 5.82 Å². The third-order valence-electron chi connectivity index (χ3n) is 5.28. The number of nitrogens with one attached hydrogen (secondary N) is 1. The molecular weight excluding hydrogens is 413 g/mol. The zero-order valence-corrected chi connectivity index (χ0v) is 17.6. The normalized spacial score (nSPS) is 16.0. The maximum absolute atomic E-state index is 14.7. The van der Waals surface area contributed by atoms with E-state index >= 15 is 0 Å². The predicted molar refractivity (Wildman–Crippen MR) is 120 cm³/mol. The van der Waals surface area contributed by atoms with Gasteiger partial charge in [0.1, 0.15) is 5.69 Å². The van der Waals surface area contributed by atoms with Crippen molar-refractivity contribution in [2.24, 2.45) is 5.73 Å². The zero-order chi connectivity index (χ0) is 22.7. The van der Waals surface area contributed by atoms with E-state index < -0.39 is 11.7 Å². The summed E-state index contributed by atoms with van der Waals surface area (Å²) in [5, 5.41) is 2.81. The minimum absolute atomic E-state index is 0.0619. The summed E-state index contributed by atoms with van der Waals surface area (Å²) in [6.07, 6.45) is 6.64. The second-order valence-corrected chi connectivity index (χ2v) is 7.51. The van der Waals surface area contributed by atoms with Gasteiger partial charge in [0.25, 0.3) is 5.91 Å². The summed E-state index contributed by atoms with van der Waals surface area (Å²) in [6.45, 7) is 1.50. The van der Waals surface area contributed by atoms with Crippen LogP contribution < -0.4 is 26.4 Å². The molecular formula is C22H24FN7O2. The number of nitrogen functional groups attached to an aromatic ring is 1. The Balaban J connectivity index is 1.67. The number of carbonyl (C=O) groups excluding carboxylic acids is 1. The summed E-state index contributed by atoms with van der Waals surface area (Å²) in [6, 6.07) is 6.18. The highest BCUT2D eigenvalue weighted by Crippen LogP contribution is 2.31. The van der Waals surface area contributed by atoms with Crippen LogP contribution in [0.15, 0.2) is 42.9 Å².